The summed E-state index contributed by atoms with van der Waals surface area (Å²) in [5, 5.41) is 7.63. The Morgan fingerprint density at radius 2 is 2.28 bits per heavy atom. The van der Waals surface area contributed by atoms with Gasteiger partial charge in [0.05, 0.1) is 0 Å². The van der Waals surface area contributed by atoms with Crippen LogP contribution in [-0.2, 0) is 13.1 Å². The van der Waals surface area contributed by atoms with Gasteiger partial charge in [0.15, 0.2) is 0 Å². The van der Waals surface area contributed by atoms with E-state index in [1.807, 2.05) is 23.1 Å². The molecule has 0 saturated heterocycles. The predicted octanol–water partition coefficient (Wildman–Crippen LogP) is 3.13. The Morgan fingerprint density at radius 3 is 3.00 bits per heavy atom. The minimum atomic E-state index is 0.903. The third-order valence-electron chi connectivity index (χ3n) is 2.82. The lowest BCUT2D eigenvalue weighted by molar-refractivity contribution is 0.543. The van der Waals surface area contributed by atoms with Crippen LogP contribution in [0.3, 0.4) is 0 Å². The Bertz CT molecular complexity index is 480. The minimum absolute atomic E-state index is 0.903. The smallest absolute Gasteiger partial charge is 0.0489 e. The molecular formula is C14H18BrN3. The fraction of sp³-hybridized carbons (Fsp3) is 0.357. The van der Waals surface area contributed by atoms with Crippen molar-refractivity contribution >= 4 is 15.9 Å². The summed E-state index contributed by atoms with van der Waals surface area (Å²) in [7, 11) is 0. The third-order valence-corrected chi connectivity index (χ3v) is 3.56. The first-order chi connectivity index (χ1) is 8.75. The quantitative estimate of drug-likeness (QED) is 0.831. The first-order valence-electron chi connectivity index (χ1n) is 6.19. The molecule has 0 spiro atoms. The van der Waals surface area contributed by atoms with Gasteiger partial charge >= 0.3 is 0 Å². The van der Waals surface area contributed by atoms with Crippen LogP contribution < -0.4 is 5.32 Å². The van der Waals surface area contributed by atoms with Crippen molar-refractivity contribution in [3.05, 3.63) is 52.3 Å². The molecule has 1 aromatic carbocycles. The summed E-state index contributed by atoms with van der Waals surface area (Å²) in [5.41, 5.74) is 2.59. The van der Waals surface area contributed by atoms with E-state index in [2.05, 4.69) is 51.5 Å². The zero-order chi connectivity index (χ0) is 12.8. The Kier molecular flexibility index (Phi) is 4.96. The molecule has 0 amide bonds. The summed E-state index contributed by atoms with van der Waals surface area (Å²) in [6, 6.07) is 8.42. The van der Waals surface area contributed by atoms with Crippen molar-refractivity contribution in [2.45, 2.75) is 26.4 Å². The summed E-state index contributed by atoms with van der Waals surface area (Å²) in [5.74, 6) is 0. The predicted molar refractivity (Wildman–Crippen MR) is 77.4 cm³/mol. The van der Waals surface area contributed by atoms with Crippen LogP contribution in [0.1, 0.15) is 17.5 Å². The van der Waals surface area contributed by atoms with Gasteiger partial charge in [-0.3, -0.25) is 4.68 Å². The van der Waals surface area contributed by atoms with E-state index >= 15 is 0 Å². The summed E-state index contributed by atoms with van der Waals surface area (Å²) in [6.45, 7) is 4.97. The molecule has 1 heterocycles. The fourth-order valence-electron chi connectivity index (χ4n) is 1.82. The highest BCUT2D eigenvalue weighted by molar-refractivity contribution is 9.10. The van der Waals surface area contributed by atoms with E-state index in [9.17, 15) is 0 Å². The van der Waals surface area contributed by atoms with Gasteiger partial charge < -0.3 is 5.32 Å². The highest BCUT2D eigenvalue weighted by Crippen LogP contribution is 2.17. The van der Waals surface area contributed by atoms with Crippen LogP contribution in [0.25, 0.3) is 0 Å². The maximum Gasteiger partial charge on any atom is 0.0489 e. The second-order valence-electron chi connectivity index (χ2n) is 4.39. The van der Waals surface area contributed by atoms with E-state index < -0.39 is 0 Å². The largest absolute Gasteiger partial charge is 0.313 e. The Hall–Kier alpha value is -1.13. The van der Waals surface area contributed by atoms with Gasteiger partial charge in [-0.25, -0.2) is 0 Å². The first kappa shape index (κ1) is 13.3. The number of aromatic nitrogens is 2. The third kappa shape index (κ3) is 3.96. The van der Waals surface area contributed by atoms with Crippen LogP contribution in [0.15, 0.2) is 41.1 Å². The van der Waals surface area contributed by atoms with E-state index in [4.69, 9.17) is 0 Å². The molecule has 0 bridgehead atoms. The Labute approximate surface area is 116 Å². The van der Waals surface area contributed by atoms with Gasteiger partial charge in [-0.1, -0.05) is 28.1 Å². The van der Waals surface area contributed by atoms with Crippen molar-refractivity contribution < 1.29 is 0 Å². The lowest BCUT2D eigenvalue weighted by atomic mass is 10.1. The number of aryl methyl sites for hydroxylation is 2. The standard InChI is InChI=1S/C14H18BrN3/c1-12-4-5-13(14(15)10-12)11-16-6-2-8-18-9-3-7-17-18/h3-5,7,9-10,16H,2,6,8,11H2,1H3. The molecule has 2 rings (SSSR count). The van der Waals surface area contributed by atoms with Gasteiger partial charge in [-0.05, 0) is 43.1 Å². The molecule has 96 valence electrons. The zero-order valence-corrected chi connectivity index (χ0v) is 12.2. The molecule has 1 aromatic heterocycles. The number of hydrogen-bond acceptors (Lipinski definition) is 2. The molecule has 0 aliphatic heterocycles. The van der Waals surface area contributed by atoms with Gasteiger partial charge in [-0.15, -0.1) is 0 Å². The van der Waals surface area contributed by atoms with E-state index in [1.165, 1.54) is 15.6 Å². The van der Waals surface area contributed by atoms with Crippen LogP contribution in [0, 0.1) is 6.92 Å². The van der Waals surface area contributed by atoms with E-state index in [0.29, 0.717) is 0 Å². The van der Waals surface area contributed by atoms with Gasteiger partial charge in [0, 0.05) is 30.0 Å². The summed E-state index contributed by atoms with van der Waals surface area (Å²) in [4.78, 5) is 0. The van der Waals surface area contributed by atoms with Crippen molar-refractivity contribution in [1.82, 2.24) is 15.1 Å². The topological polar surface area (TPSA) is 29.9 Å². The number of rotatable bonds is 6. The number of nitrogens with zero attached hydrogens (tertiary/aromatic N) is 2. The second-order valence-corrected chi connectivity index (χ2v) is 5.25. The summed E-state index contributed by atoms with van der Waals surface area (Å²) in [6.07, 6.45) is 4.90. The maximum atomic E-state index is 4.18. The Balaban J connectivity index is 1.69. The van der Waals surface area contributed by atoms with Crippen molar-refractivity contribution in [2.24, 2.45) is 0 Å². The van der Waals surface area contributed by atoms with E-state index in [-0.39, 0.29) is 0 Å². The first-order valence-corrected chi connectivity index (χ1v) is 6.98. The van der Waals surface area contributed by atoms with Crippen LogP contribution in [-0.4, -0.2) is 16.3 Å². The van der Waals surface area contributed by atoms with Gasteiger partial charge in [0.2, 0.25) is 0 Å². The summed E-state index contributed by atoms with van der Waals surface area (Å²) >= 11 is 3.59. The maximum absolute atomic E-state index is 4.18. The monoisotopic (exact) mass is 307 g/mol. The molecule has 0 fully saturated rings. The normalized spacial score (nSPS) is 10.8. The van der Waals surface area contributed by atoms with Crippen molar-refractivity contribution in [2.75, 3.05) is 6.54 Å². The van der Waals surface area contributed by atoms with Gasteiger partial charge in [0.1, 0.15) is 0 Å². The lowest BCUT2D eigenvalue weighted by Crippen LogP contribution is -2.17. The second kappa shape index (κ2) is 6.71. The van der Waals surface area contributed by atoms with Crippen LogP contribution >= 0.6 is 15.9 Å². The molecule has 3 nitrogen and oxygen atoms in total. The van der Waals surface area contributed by atoms with Crippen molar-refractivity contribution in [3.63, 3.8) is 0 Å². The highest BCUT2D eigenvalue weighted by atomic mass is 79.9. The molecule has 18 heavy (non-hydrogen) atoms. The van der Waals surface area contributed by atoms with Gasteiger partial charge in [0.25, 0.3) is 0 Å². The fourth-order valence-corrected chi connectivity index (χ4v) is 2.45. The number of benzene rings is 1. The number of halogens is 1. The number of nitrogens with one attached hydrogen (secondary N) is 1. The molecule has 4 heteroatoms. The van der Waals surface area contributed by atoms with Crippen molar-refractivity contribution in [1.29, 1.82) is 0 Å². The molecule has 0 aliphatic carbocycles. The van der Waals surface area contributed by atoms with Crippen LogP contribution in [0.4, 0.5) is 0 Å². The molecule has 0 unspecified atom stereocenters. The van der Waals surface area contributed by atoms with E-state index in [1.54, 1.807) is 0 Å². The highest BCUT2D eigenvalue weighted by Gasteiger charge is 1.99. The molecule has 0 radical (unpaired) electrons. The average Bonchev–Trinajstić information content (AvgIpc) is 2.84. The number of hydrogen-bond donors (Lipinski definition) is 1. The molecule has 0 atom stereocenters. The molecular weight excluding hydrogens is 290 g/mol. The Morgan fingerprint density at radius 1 is 1.39 bits per heavy atom. The molecule has 1 N–H and O–H groups in total. The zero-order valence-electron chi connectivity index (χ0n) is 10.6. The molecule has 0 saturated carbocycles. The van der Waals surface area contributed by atoms with Gasteiger partial charge in [-0.2, -0.15) is 5.10 Å². The lowest BCUT2D eigenvalue weighted by Gasteiger charge is -2.08. The molecule has 0 aliphatic rings. The SMILES string of the molecule is Cc1ccc(CNCCCn2cccn2)c(Br)c1. The average molecular weight is 308 g/mol. The van der Waals surface area contributed by atoms with Crippen molar-refractivity contribution in [3.8, 4) is 0 Å². The minimum Gasteiger partial charge on any atom is -0.313 e. The van der Waals surface area contributed by atoms with E-state index in [0.717, 1.165) is 26.1 Å². The summed E-state index contributed by atoms with van der Waals surface area (Å²) < 4.78 is 3.14. The molecule has 2 aromatic rings. The van der Waals surface area contributed by atoms with Crippen LogP contribution in [0.5, 0.6) is 0 Å². The van der Waals surface area contributed by atoms with Crippen LogP contribution in [0.2, 0.25) is 0 Å².